The van der Waals surface area contributed by atoms with E-state index < -0.39 is 0 Å². The zero-order valence-corrected chi connectivity index (χ0v) is 14.6. The molecule has 0 N–H and O–H groups in total. The van der Waals surface area contributed by atoms with E-state index in [1.54, 1.807) is 16.9 Å². The molecule has 1 fully saturated rings. The van der Waals surface area contributed by atoms with Crippen LogP contribution < -0.4 is 4.90 Å². The summed E-state index contributed by atoms with van der Waals surface area (Å²) in [5.41, 5.74) is 3.08. The molecule has 0 bridgehead atoms. The van der Waals surface area contributed by atoms with Crippen LogP contribution in [0.15, 0.2) is 60.4 Å². The number of pyridine rings is 1. The first-order valence-electron chi connectivity index (χ1n) is 8.72. The van der Waals surface area contributed by atoms with E-state index in [-0.39, 0.29) is 10.6 Å². The maximum atomic E-state index is 11.2. The van der Waals surface area contributed by atoms with E-state index in [4.69, 9.17) is 0 Å². The number of anilines is 1. The lowest BCUT2D eigenvalue weighted by atomic mass is 10.0. The summed E-state index contributed by atoms with van der Waals surface area (Å²) in [4.78, 5) is 17.0. The van der Waals surface area contributed by atoms with Crippen LogP contribution in [0.25, 0.3) is 11.8 Å². The third kappa shape index (κ3) is 3.69. The van der Waals surface area contributed by atoms with Crippen molar-refractivity contribution in [2.45, 2.75) is 12.8 Å². The molecular weight excluding hydrogens is 344 g/mol. The van der Waals surface area contributed by atoms with Crippen molar-refractivity contribution >= 4 is 17.6 Å². The van der Waals surface area contributed by atoms with Crippen molar-refractivity contribution in [3.8, 4) is 5.69 Å². The van der Waals surface area contributed by atoms with Crippen molar-refractivity contribution in [3.05, 3.63) is 76.2 Å². The lowest BCUT2D eigenvalue weighted by Crippen LogP contribution is -2.31. The molecule has 0 amide bonds. The van der Waals surface area contributed by atoms with Crippen LogP contribution in [0, 0.1) is 10.1 Å². The van der Waals surface area contributed by atoms with Gasteiger partial charge in [0.05, 0.1) is 16.8 Å². The van der Waals surface area contributed by atoms with Crippen LogP contribution >= 0.6 is 0 Å². The van der Waals surface area contributed by atoms with Crippen LogP contribution in [0.1, 0.15) is 18.5 Å². The number of nitro groups is 1. The Kier molecular flexibility index (Phi) is 4.61. The fourth-order valence-electron chi connectivity index (χ4n) is 3.18. The van der Waals surface area contributed by atoms with Gasteiger partial charge in [-0.2, -0.15) is 0 Å². The smallest absolute Gasteiger partial charge is 0.311 e. The summed E-state index contributed by atoms with van der Waals surface area (Å²) < 4.78 is 1.75. The van der Waals surface area contributed by atoms with Crippen LogP contribution in [0.2, 0.25) is 0 Å². The first-order chi connectivity index (χ1) is 13.2. The molecule has 0 aliphatic carbocycles. The number of para-hydroxylation sites is 1. The average Bonchev–Trinajstić information content (AvgIpc) is 3.18. The van der Waals surface area contributed by atoms with E-state index in [0.29, 0.717) is 18.9 Å². The largest absolute Gasteiger partial charge is 0.350 e. The Balaban J connectivity index is 1.46. The summed E-state index contributed by atoms with van der Waals surface area (Å²) in [6, 6.07) is 12.9. The number of benzene rings is 1. The summed E-state index contributed by atoms with van der Waals surface area (Å²) in [6.07, 6.45) is 7.17. The number of hydrogen-bond donors (Lipinski definition) is 0. The molecule has 8 nitrogen and oxygen atoms in total. The second-order valence-electron chi connectivity index (χ2n) is 6.32. The van der Waals surface area contributed by atoms with E-state index in [2.05, 4.69) is 21.4 Å². The molecule has 27 heavy (non-hydrogen) atoms. The fraction of sp³-hybridized carbons (Fsp3) is 0.211. The fourth-order valence-corrected chi connectivity index (χ4v) is 3.18. The van der Waals surface area contributed by atoms with Crippen molar-refractivity contribution in [1.29, 1.82) is 0 Å². The predicted octanol–water partition coefficient (Wildman–Crippen LogP) is 3.25. The number of hydrogen-bond acceptors (Lipinski definition) is 6. The summed E-state index contributed by atoms with van der Waals surface area (Å²) in [6.45, 7) is 1.38. The molecule has 3 heterocycles. The van der Waals surface area contributed by atoms with Crippen LogP contribution in [0.5, 0.6) is 0 Å². The van der Waals surface area contributed by atoms with Crippen LogP contribution in [0.3, 0.4) is 0 Å². The third-order valence-corrected chi connectivity index (χ3v) is 4.55. The zero-order chi connectivity index (χ0) is 18.6. The molecule has 1 saturated heterocycles. The molecule has 0 saturated carbocycles. The Hall–Kier alpha value is -3.55. The Morgan fingerprint density at radius 1 is 1.07 bits per heavy atom. The Labute approximate surface area is 155 Å². The van der Waals surface area contributed by atoms with Crippen molar-refractivity contribution < 1.29 is 4.92 Å². The third-order valence-electron chi connectivity index (χ3n) is 4.55. The molecular formula is C19H18N6O2. The van der Waals surface area contributed by atoms with E-state index >= 15 is 0 Å². The second kappa shape index (κ2) is 7.36. The molecule has 0 atom stereocenters. The summed E-state index contributed by atoms with van der Waals surface area (Å²) in [5.74, 6) is 0.441. The van der Waals surface area contributed by atoms with Crippen molar-refractivity contribution in [1.82, 2.24) is 20.0 Å². The quantitative estimate of drug-likeness (QED) is 0.523. The van der Waals surface area contributed by atoms with E-state index in [1.807, 2.05) is 41.4 Å². The average molecular weight is 362 g/mol. The molecule has 3 aromatic rings. The Bertz CT molecular complexity index is 973. The highest BCUT2D eigenvalue weighted by Gasteiger charge is 2.23. The zero-order valence-electron chi connectivity index (χ0n) is 14.6. The number of aromatic nitrogens is 4. The lowest BCUT2D eigenvalue weighted by Gasteiger charge is -2.28. The molecule has 4 rings (SSSR count). The Morgan fingerprint density at radius 3 is 2.59 bits per heavy atom. The van der Waals surface area contributed by atoms with Gasteiger partial charge < -0.3 is 4.90 Å². The topological polar surface area (TPSA) is 90.0 Å². The summed E-state index contributed by atoms with van der Waals surface area (Å²) in [5, 5.41) is 19.6. The maximum Gasteiger partial charge on any atom is 0.311 e. The van der Waals surface area contributed by atoms with Gasteiger partial charge in [-0.05, 0) is 37.1 Å². The monoisotopic (exact) mass is 362 g/mol. The molecule has 1 aromatic carbocycles. The van der Waals surface area contributed by atoms with Gasteiger partial charge in [0.2, 0.25) is 5.82 Å². The molecule has 136 valence electrons. The van der Waals surface area contributed by atoms with E-state index in [9.17, 15) is 10.1 Å². The minimum absolute atomic E-state index is 0.0516. The van der Waals surface area contributed by atoms with Crippen molar-refractivity contribution in [2.75, 3.05) is 18.0 Å². The first kappa shape index (κ1) is 16.9. The molecule has 1 aliphatic heterocycles. The molecule has 0 spiro atoms. The minimum atomic E-state index is -0.379. The minimum Gasteiger partial charge on any atom is -0.350 e. The lowest BCUT2D eigenvalue weighted by molar-refractivity contribution is -0.384. The standard InChI is InChI=1S/C19H18N6O2/c26-25(27)18-7-4-10-20-19(18)23-11-8-15(9-12-23)13-16-14-24(22-21-16)17-5-2-1-3-6-17/h1-7,10,13-14H,8-9,11-12H2. The van der Waals surface area contributed by atoms with E-state index in [1.165, 1.54) is 11.6 Å². The SMILES string of the molecule is O=[N+]([O-])c1cccnc1N1CCC(=Cc2cn(-c3ccccc3)nn2)CC1. The predicted molar refractivity (Wildman–Crippen MR) is 102 cm³/mol. The number of rotatable bonds is 4. The van der Waals surface area contributed by atoms with Crippen LogP contribution in [0.4, 0.5) is 11.5 Å². The highest BCUT2D eigenvalue weighted by molar-refractivity contribution is 5.59. The molecule has 2 aromatic heterocycles. The van der Waals surface area contributed by atoms with Gasteiger partial charge >= 0.3 is 5.69 Å². The van der Waals surface area contributed by atoms with Gasteiger partial charge in [0.1, 0.15) is 5.69 Å². The van der Waals surface area contributed by atoms with Gasteiger partial charge in [0, 0.05) is 25.4 Å². The summed E-state index contributed by atoms with van der Waals surface area (Å²) in [7, 11) is 0. The Morgan fingerprint density at radius 2 is 1.85 bits per heavy atom. The van der Waals surface area contributed by atoms with Gasteiger partial charge in [-0.25, -0.2) is 9.67 Å². The highest BCUT2D eigenvalue weighted by atomic mass is 16.6. The molecule has 0 unspecified atom stereocenters. The molecule has 1 aliphatic rings. The van der Waals surface area contributed by atoms with Gasteiger partial charge in [0.15, 0.2) is 0 Å². The van der Waals surface area contributed by atoms with Crippen LogP contribution in [-0.2, 0) is 0 Å². The van der Waals surface area contributed by atoms with Gasteiger partial charge in [0.25, 0.3) is 0 Å². The first-order valence-corrected chi connectivity index (χ1v) is 8.72. The van der Waals surface area contributed by atoms with Crippen molar-refractivity contribution in [3.63, 3.8) is 0 Å². The van der Waals surface area contributed by atoms with Gasteiger partial charge in [-0.15, -0.1) is 5.10 Å². The summed E-state index contributed by atoms with van der Waals surface area (Å²) >= 11 is 0. The molecule has 8 heteroatoms. The number of nitrogens with zero attached hydrogens (tertiary/aromatic N) is 6. The van der Waals surface area contributed by atoms with E-state index in [0.717, 1.165) is 24.2 Å². The van der Waals surface area contributed by atoms with Gasteiger partial charge in [-0.1, -0.05) is 29.0 Å². The van der Waals surface area contributed by atoms with Crippen LogP contribution in [-0.4, -0.2) is 38.0 Å². The maximum absolute atomic E-state index is 11.2. The number of piperidine rings is 1. The van der Waals surface area contributed by atoms with Crippen molar-refractivity contribution in [2.24, 2.45) is 0 Å². The van der Waals surface area contributed by atoms with Gasteiger partial charge in [-0.3, -0.25) is 10.1 Å². The normalized spacial score (nSPS) is 14.2. The highest BCUT2D eigenvalue weighted by Crippen LogP contribution is 2.29. The molecule has 0 radical (unpaired) electrons. The second-order valence-corrected chi connectivity index (χ2v) is 6.32.